The molecule has 0 unspecified atom stereocenters. The molecule has 0 radical (unpaired) electrons. The number of halogens is 1. The molecule has 5 heteroatoms. The predicted molar refractivity (Wildman–Crippen MR) is 52.0 cm³/mol. The summed E-state index contributed by atoms with van der Waals surface area (Å²) < 4.78 is 0. The number of carboxylic acid groups (broad SMARTS) is 1. The van der Waals surface area contributed by atoms with Gasteiger partial charge >= 0.3 is 5.97 Å². The van der Waals surface area contributed by atoms with Gasteiger partial charge in [0.1, 0.15) is 6.54 Å². The number of aliphatic carboxylic acids is 1. The fourth-order valence-corrected chi connectivity index (χ4v) is 1.14. The van der Waals surface area contributed by atoms with Crippen molar-refractivity contribution in [3.63, 3.8) is 0 Å². The Morgan fingerprint density at radius 2 is 2.31 bits per heavy atom. The van der Waals surface area contributed by atoms with Gasteiger partial charge in [0.15, 0.2) is 0 Å². The number of nitrogens with one attached hydrogen (secondary N) is 1. The third-order valence-electron chi connectivity index (χ3n) is 1.46. The lowest BCUT2D eigenvalue weighted by Crippen LogP contribution is -2.13. The minimum Gasteiger partial charge on any atom is -0.480 e. The Morgan fingerprint density at radius 3 is 2.85 bits per heavy atom. The topological polar surface area (TPSA) is 75.3 Å². The highest BCUT2D eigenvalue weighted by molar-refractivity contribution is 6.33. The van der Waals surface area contributed by atoms with E-state index in [1.54, 1.807) is 18.2 Å². The van der Waals surface area contributed by atoms with Gasteiger partial charge in [0.05, 0.1) is 16.4 Å². The summed E-state index contributed by atoms with van der Waals surface area (Å²) in [6, 6.07) is 4.99. The normalized spacial score (nSPS) is 9.62. The van der Waals surface area contributed by atoms with Gasteiger partial charge in [-0.2, -0.15) is 0 Å². The van der Waals surface area contributed by atoms with E-state index in [9.17, 15) is 4.79 Å². The number of anilines is 2. The maximum absolute atomic E-state index is 10.2. The van der Waals surface area contributed by atoms with Crippen molar-refractivity contribution in [1.82, 2.24) is 0 Å². The molecule has 1 rings (SSSR count). The number of benzene rings is 1. The first-order chi connectivity index (χ1) is 6.11. The van der Waals surface area contributed by atoms with Crippen molar-refractivity contribution in [3.8, 4) is 0 Å². The summed E-state index contributed by atoms with van der Waals surface area (Å²) in [6.07, 6.45) is 0. The highest BCUT2D eigenvalue weighted by Crippen LogP contribution is 2.27. The van der Waals surface area contributed by atoms with Crippen LogP contribution in [0.3, 0.4) is 0 Å². The number of hydrogen-bond acceptors (Lipinski definition) is 3. The lowest BCUT2D eigenvalue weighted by molar-refractivity contribution is -0.134. The molecule has 0 atom stereocenters. The van der Waals surface area contributed by atoms with Gasteiger partial charge in [-0.1, -0.05) is 17.7 Å². The Morgan fingerprint density at radius 1 is 1.62 bits per heavy atom. The number of hydrogen-bond donors (Lipinski definition) is 3. The van der Waals surface area contributed by atoms with Crippen LogP contribution in [0.4, 0.5) is 11.4 Å². The van der Waals surface area contributed by atoms with Crippen molar-refractivity contribution in [1.29, 1.82) is 0 Å². The van der Waals surface area contributed by atoms with Crippen LogP contribution < -0.4 is 11.1 Å². The van der Waals surface area contributed by atoms with Crippen molar-refractivity contribution < 1.29 is 9.90 Å². The Bertz CT molecular complexity index is 308. The second-order valence-corrected chi connectivity index (χ2v) is 2.86. The number of nitrogens with two attached hydrogens (primary N) is 1. The van der Waals surface area contributed by atoms with Gasteiger partial charge in [0.25, 0.3) is 0 Å². The first kappa shape index (κ1) is 9.67. The first-order valence-corrected chi connectivity index (χ1v) is 3.98. The number of nitrogen functional groups attached to an aromatic ring is 1. The van der Waals surface area contributed by atoms with Crippen molar-refractivity contribution in [3.05, 3.63) is 23.2 Å². The van der Waals surface area contributed by atoms with Crippen LogP contribution in [0.5, 0.6) is 0 Å². The molecular weight excluding hydrogens is 192 g/mol. The van der Waals surface area contributed by atoms with Gasteiger partial charge in [-0.3, -0.25) is 4.79 Å². The van der Waals surface area contributed by atoms with Gasteiger partial charge in [-0.25, -0.2) is 0 Å². The summed E-state index contributed by atoms with van der Waals surface area (Å²) in [6.45, 7) is -0.200. The van der Waals surface area contributed by atoms with Crippen LogP contribution in [0.15, 0.2) is 18.2 Å². The second kappa shape index (κ2) is 4.00. The third-order valence-corrected chi connectivity index (χ3v) is 1.78. The molecule has 1 aromatic carbocycles. The molecule has 0 amide bonds. The summed E-state index contributed by atoms with van der Waals surface area (Å²) in [7, 11) is 0. The van der Waals surface area contributed by atoms with Gasteiger partial charge in [0.2, 0.25) is 0 Å². The molecule has 0 aliphatic heterocycles. The average molecular weight is 201 g/mol. The molecule has 4 nitrogen and oxygen atoms in total. The fraction of sp³-hybridized carbons (Fsp3) is 0.125. The first-order valence-electron chi connectivity index (χ1n) is 3.61. The van der Waals surface area contributed by atoms with Crippen molar-refractivity contribution >= 4 is 28.9 Å². The van der Waals surface area contributed by atoms with E-state index in [2.05, 4.69) is 5.32 Å². The highest BCUT2D eigenvalue weighted by Gasteiger charge is 2.04. The summed E-state index contributed by atoms with van der Waals surface area (Å²) in [5, 5.41) is 11.5. The monoisotopic (exact) mass is 200 g/mol. The lowest BCUT2D eigenvalue weighted by atomic mass is 10.2. The molecule has 0 aromatic heterocycles. The van der Waals surface area contributed by atoms with E-state index in [0.29, 0.717) is 16.4 Å². The molecule has 13 heavy (non-hydrogen) atoms. The summed E-state index contributed by atoms with van der Waals surface area (Å²) in [5.41, 5.74) is 6.47. The predicted octanol–water partition coefficient (Wildman–Crippen LogP) is 1.42. The summed E-state index contributed by atoms with van der Waals surface area (Å²) >= 11 is 5.78. The molecule has 0 saturated carbocycles. The lowest BCUT2D eigenvalue weighted by Gasteiger charge is -2.08. The number of para-hydroxylation sites is 1. The molecule has 70 valence electrons. The summed E-state index contributed by atoms with van der Waals surface area (Å²) in [5.74, 6) is -0.959. The van der Waals surface area contributed by atoms with Crippen molar-refractivity contribution in [2.24, 2.45) is 0 Å². The van der Waals surface area contributed by atoms with E-state index >= 15 is 0 Å². The zero-order chi connectivity index (χ0) is 9.84. The number of rotatable bonds is 3. The molecule has 1 aromatic rings. The molecule has 0 saturated heterocycles. The van der Waals surface area contributed by atoms with Crippen LogP contribution in [0.1, 0.15) is 0 Å². The van der Waals surface area contributed by atoms with E-state index in [1.165, 1.54) is 0 Å². The van der Waals surface area contributed by atoms with Gasteiger partial charge in [-0.15, -0.1) is 0 Å². The SMILES string of the molecule is Nc1cccc(Cl)c1NCC(=O)O. The molecule has 0 aliphatic rings. The van der Waals surface area contributed by atoms with E-state index in [4.69, 9.17) is 22.4 Å². The quantitative estimate of drug-likeness (QED) is 0.645. The molecule has 4 N–H and O–H groups in total. The van der Waals surface area contributed by atoms with E-state index in [-0.39, 0.29) is 6.54 Å². The molecule has 0 heterocycles. The Labute approximate surface area is 80.3 Å². The number of carbonyl (C=O) groups is 1. The molecule has 0 aliphatic carbocycles. The zero-order valence-electron chi connectivity index (χ0n) is 6.75. The van der Waals surface area contributed by atoms with Gasteiger partial charge in [0, 0.05) is 0 Å². The molecule has 0 bridgehead atoms. The van der Waals surface area contributed by atoms with Crippen LogP contribution >= 0.6 is 11.6 Å². The maximum Gasteiger partial charge on any atom is 0.322 e. The standard InChI is InChI=1S/C8H9ClN2O2/c9-5-2-1-3-6(10)8(5)11-4-7(12)13/h1-3,11H,4,10H2,(H,12,13). The Hall–Kier alpha value is -1.42. The van der Waals surface area contributed by atoms with E-state index < -0.39 is 5.97 Å². The van der Waals surface area contributed by atoms with Crippen LogP contribution in [-0.4, -0.2) is 17.6 Å². The van der Waals surface area contributed by atoms with E-state index in [1.807, 2.05) is 0 Å². The van der Waals surface area contributed by atoms with Crippen LogP contribution in [0.2, 0.25) is 5.02 Å². The summed E-state index contributed by atoms with van der Waals surface area (Å²) in [4.78, 5) is 10.2. The average Bonchev–Trinajstić information content (AvgIpc) is 2.03. The molecule has 0 spiro atoms. The highest BCUT2D eigenvalue weighted by atomic mass is 35.5. The largest absolute Gasteiger partial charge is 0.480 e. The van der Waals surface area contributed by atoms with E-state index in [0.717, 1.165) is 0 Å². The smallest absolute Gasteiger partial charge is 0.322 e. The molecular formula is C8H9ClN2O2. The van der Waals surface area contributed by atoms with Gasteiger partial charge in [-0.05, 0) is 12.1 Å². The number of carboxylic acids is 1. The minimum absolute atomic E-state index is 0.200. The maximum atomic E-state index is 10.2. The van der Waals surface area contributed by atoms with Crippen LogP contribution in [-0.2, 0) is 4.79 Å². The Kier molecular flexibility index (Phi) is 2.97. The third kappa shape index (κ3) is 2.52. The zero-order valence-corrected chi connectivity index (χ0v) is 7.51. The Balaban J connectivity index is 2.81. The van der Waals surface area contributed by atoms with Crippen molar-refractivity contribution in [2.75, 3.05) is 17.6 Å². The van der Waals surface area contributed by atoms with Crippen LogP contribution in [0, 0.1) is 0 Å². The van der Waals surface area contributed by atoms with Gasteiger partial charge < -0.3 is 16.2 Å². The van der Waals surface area contributed by atoms with Crippen LogP contribution in [0.25, 0.3) is 0 Å². The fourth-order valence-electron chi connectivity index (χ4n) is 0.891. The van der Waals surface area contributed by atoms with Crippen molar-refractivity contribution in [2.45, 2.75) is 0 Å². The minimum atomic E-state index is -0.959. The molecule has 0 fully saturated rings. The second-order valence-electron chi connectivity index (χ2n) is 2.45.